The molecular formula is C21H22N2O6. The van der Waals surface area contributed by atoms with Gasteiger partial charge in [0.15, 0.2) is 0 Å². The number of benzene rings is 1. The second-order valence-electron chi connectivity index (χ2n) is 6.78. The van der Waals surface area contributed by atoms with Crippen LogP contribution < -0.4 is 4.90 Å². The fourth-order valence-corrected chi connectivity index (χ4v) is 3.70. The molecule has 0 N–H and O–H groups in total. The van der Waals surface area contributed by atoms with Gasteiger partial charge in [-0.05, 0) is 29.8 Å². The van der Waals surface area contributed by atoms with Gasteiger partial charge >= 0.3 is 11.9 Å². The van der Waals surface area contributed by atoms with E-state index in [9.17, 15) is 9.59 Å². The molecule has 152 valence electrons. The zero-order valence-corrected chi connectivity index (χ0v) is 16.2. The highest BCUT2D eigenvalue weighted by molar-refractivity contribution is 6.05. The number of allylic oxidation sites excluding steroid dienone is 2. The summed E-state index contributed by atoms with van der Waals surface area (Å²) in [4.78, 5) is 28.5. The van der Waals surface area contributed by atoms with E-state index in [2.05, 4.69) is 4.90 Å². The van der Waals surface area contributed by atoms with Crippen LogP contribution in [0.3, 0.4) is 0 Å². The number of esters is 2. The van der Waals surface area contributed by atoms with Crippen LogP contribution in [0, 0.1) is 0 Å². The summed E-state index contributed by atoms with van der Waals surface area (Å²) >= 11 is 0. The van der Waals surface area contributed by atoms with Gasteiger partial charge < -0.3 is 23.8 Å². The van der Waals surface area contributed by atoms with Crippen molar-refractivity contribution in [3.63, 3.8) is 0 Å². The number of carbonyl (C=O) groups is 2. The predicted octanol–water partition coefficient (Wildman–Crippen LogP) is 1.86. The third-order valence-corrected chi connectivity index (χ3v) is 5.17. The molecule has 3 aliphatic rings. The van der Waals surface area contributed by atoms with Crippen molar-refractivity contribution in [1.29, 1.82) is 0 Å². The monoisotopic (exact) mass is 398 g/mol. The normalized spacial score (nSPS) is 23.9. The van der Waals surface area contributed by atoms with E-state index in [1.807, 2.05) is 24.3 Å². The van der Waals surface area contributed by atoms with Crippen molar-refractivity contribution in [2.24, 2.45) is 0 Å². The van der Waals surface area contributed by atoms with Crippen LogP contribution in [0.25, 0.3) is 0 Å². The molecule has 3 aliphatic heterocycles. The number of carbonyl (C=O) groups excluding carboxylic acids is 2. The zero-order chi connectivity index (χ0) is 20.4. The highest BCUT2D eigenvalue weighted by atomic mass is 16.6. The van der Waals surface area contributed by atoms with E-state index in [0.717, 1.165) is 5.56 Å². The van der Waals surface area contributed by atoms with Crippen molar-refractivity contribution < 1.29 is 28.5 Å². The maximum absolute atomic E-state index is 12.5. The van der Waals surface area contributed by atoms with Crippen LogP contribution in [0.2, 0.25) is 0 Å². The summed E-state index contributed by atoms with van der Waals surface area (Å²) in [6, 6.07) is 7.89. The summed E-state index contributed by atoms with van der Waals surface area (Å²) in [5.74, 6) is -1.25. The second kappa shape index (κ2) is 8.20. The van der Waals surface area contributed by atoms with Crippen LogP contribution in [0.4, 0.5) is 5.69 Å². The molecule has 2 atom stereocenters. The summed E-state index contributed by atoms with van der Waals surface area (Å²) < 4.78 is 21.2. The average molecular weight is 398 g/mol. The Morgan fingerprint density at radius 1 is 1.03 bits per heavy atom. The van der Waals surface area contributed by atoms with Gasteiger partial charge in [0.2, 0.25) is 0 Å². The Balaban J connectivity index is 1.67. The first-order valence-corrected chi connectivity index (χ1v) is 9.22. The number of hydrogen-bond acceptors (Lipinski definition) is 8. The Morgan fingerprint density at radius 3 is 2.52 bits per heavy atom. The van der Waals surface area contributed by atoms with Crippen molar-refractivity contribution in [2.75, 3.05) is 39.2 Å². The molecule has 0 saturated carbocycles. The highest BCUT2D eigenvalue weighted by Crippen LogP contribution is 2.35. The average Bonchev–Trinajstić information content (AvgIpc) is 3.30. The van der Waals surface area contributed by atoms with Gasteiger partial charge in [0.1, 0.15) is 25.3 Å². The Hall–Kier alpha value is -2.94. The Kier molecular flexibility index (Phi) is 5.48. The first kappa shape index (κ1) is 19.4. The van der Waals surface area contributed by atoms with Gasteiger partial charge in [-0.2, -0.15) is 0 Å². The lowest BCUT2D eigenvalue weighted by molar-refractivity contribution is -0.139. The van der Waals surface area contributed by atoms with E-state index >= 15 is 0 Å². The van der Waals surface area contributed by atoms with Crippen molar-refractivity contribution in [3.8, 4) is 0 Å². The van der Waals surface area contributed by atoms with Crippen molar-refractivity contribution >= 4 is 17.6 Å². The molecule has 0 radical (unpaired) electrons. The minimum Gasteiger partial charge on any atom is -0.465 e. The van der Waals surface area contributed by atoms with Crippen molar-refractivity contribution in [3.05, 3.63) is 65.5 Å². The summed E-state index contributed by atoms with van der Waals surface area (Å²) in [6.07, 6.45) is 6.58. The van der Waals surface area contributed by atoms with E-state index in [4.69, 9.17) is 18.9 Å². The summed E-state index contributed by atoms with van der Waals surface area (Å²) in [7, 11) is 2.55. The van der Waals surface area contributed by atoms with Crippen molar-refractivity contribution in [1.82, 2.24) is 4.90 Å². The van der Waals surface area contributed by atoms with Gasteiger partial charge in [0.25, 0.3) is 0 Å². The molecule has 2 fully saturated rings. The Bertz CT molecular complexity index is 889. The molecule has 4 rings (SSSR count). The third-order valence-electron chi connectivity index (χ3n) is 5.17. The zero-order valence-electron chi connectivity index (χ0n) is 16.2. The molecule has 0 bridgehead atoms. The number of fused-ring (bicyclic) bond motifs is 1. The quantitative estimate of drug-likeness (QED) is 0.712. The summed E-state index contributed by atoms with van der Waals surface area (Å²) in [5.41, 5.74) is 1.93. The molecule has 29 heavy (non-hydrogen) atoms. The fourth-order valence-electron chi connectivity index (χ4n) is 3.70. The molecule has 0 aromatic heterocycles. The predicted molar refractivity (Wildman–Crippen MR) is 103 cm³/mol. The molecule has 2 unspecified atom stereocenters. The lowest BCUT2D eigenvalue weighted by atomic mass is 10.0. The van der Waals surface area contributed by atoms with Gasteiger partial charge in [-0.1, -0.05) is 18.2 Å². The van der Waals surface area contributed by atoms with Gasteiger partial charge in [0.05, 0.1) is 32.4 Å². The number of ether oxygens (including phenoxy) is 4. The largest absolute Gasteiger partial charge is 0.465 e. The van der Waals surface area contributed by atoms with Crippen molar-refractivity contribution in [2.45, 2.75) is 12.1 Å². The molecule has 0 amide bonds. The first-order valence-electron chi connectivity index (χ1n) is 9.22. The molecule has 0 aliphatic carbocycles. The van der Waals surface area contributed by atoms with E-state index in [0.29, 0.717) is 25.8 Å². The first-order chi connectivity index (χ1) is 14.1. The number of nitrogens with zero attached hydrogens (tertiary/aromatic N) is 2. The Labute approximate surface area is 168 Å². The van der Waals surface area contributed by atoms with Crippen LogP contribution in [-0.2, 0) is 28.5 Å². The molecule has 1 aromatic carbocycles. The maximum atomic E-state index is 12.5. The van der Waals surface area contributed by atoms with Gasteiger partial charge in [0, 0.05) is 11.9 Å². The van der Waals surface area contributed by atoms with E-state index in [-0.39, 0.29) is 23.4 Å². The van der Waals surface area contributed by atoms with E-state index in [1.165, 1.54) is 20.3 Å². The van der Waals surface area contributed by atoms with Crippen LogP contribution >= 0.6 is 0 Å². The molecule has 0 spiro atoms. The smallest absolute Gasteiger partial charge is 0.355 e. The number of rotatable bonds is 4. The number of methoxy groups -OCH3 is 2. The molecule has 2 saturated heterocycles. The standard InChI is InChI=1S/C21H22N2O6/c1-26-20(24)16-5-3-4-10-23(18(16)21(25)27-2)15-8-6-14(7-9-15)19-17-11-28-12-22(17)13-29-19/h3-10,17,19H,11-13H2,1-2H3. The van der Waals surface area contributed by atoms with Crippen LogP contribution in [-0.4, -0.2) is 57.2 Å². The van der Waals surface area contributed by atoms with E-state index in [1.54, 1.807) is 23.3 Å². The molecule has 3 heterocycles. The second-order valence-corrected chi connectivity index (χ2v) is 6.78. The highest BCUT2D eigenvalue weighted by Gasteiger charge is 2.40. The summed E-state index contributed by atoms with van der Waals surface area (Å²) in [6.45, 7) is 1.79. The van der Waals surface area contributed by atoms with Crippen LogP contribution in [0.5, 0.6) is 0 Å². The third kappa shape index (κ3) is 3.57. The SMILES string of the molecule is COC(=O)C1=C(C(=O)OC)N(c2ccc(C3OCN4COCC34)cc2)C=CC=C1. The van der Waals surface area contributed by atoms with E-state index < -0.39 is 11.9 Å². The number of hydrogen-bond donors (Lipinski definition) is 0. The minimum atomic E-state index is -0.636. The number of anilines is 1. The van der Waals surface area contributed by atoms with Gasteiger partial charge in [-0.15, -0.1) is 0 Å². The topological polar surface area (TPSA) is 77.5 Å². The lowest BCUT2D eigenvalue weighted by Gasteiger charge is -2.24. The lowest BCUT2D eigenvalue weighted by Crippen LogP contribution is -2.27. The molecular weight excluding hydrogens is 376 g/mol. The summed E-state index contributed by atoms with van der Waals surface area (Å²) in [5, 5.41) is 0. The minimum absolute atomic E-state index is 0.0610. The Morgan fingerprint density at radius 2 is 1.79 bits per heavy atom. The molecule has 1 aromatic rings. The molecule has 8 heteroatoms. The van der Waals surface area contributed by atoms with Crippen LogP contribution in [0.15, 0.2) is 60.0 Å². The molecule has 8 nitrogen and oxygen atoms in total. The van der Waals surface area contributed by atoms with Gasteiger partial charge in [-0.25, -0.2) is 14.5 Å². The van der Waals surface area contributed by atoms with Gasteiger partial charge in [-0.3, -0.25) is 0 Å². The van der Waals surface area contributed by atoms with Crippen LogP contribution in [0.1, 0.15) is 11.7 Å². The maximum Gasteiger partial charge on any atom is 0.355 e. The fraction of sp³-hybridized carbons (Fsp3) is 0.333.